The van der Waals surface area contributed by atoms with Crippen molar-refractivity contribution in [2.45, 2.75) is 59.2 Å². The lowest BCUT2D eigenvalue weighted by atomic mass is 9.81. The number of rotatable bonds is 3. The van der Waals surface area contributed by atoms with Crippen molar-refractivity contribution < 1.29 is 4.39 Å². The molecule has 0 bridgehead atoms. The van der Waals surface area contributed by atoms with Crippen molar-refractivity contribution >= 4 is 0 Å². The van der Waals surface area contributed by atoms with Crippen molar-refractivity contribution in [3.05, 3.63) is 35.6 Å². The van der Waals surface area contributed by atoms with Crippen molar-refractivity contribution in [1.29, 1.82) is 0 Å². The highest BCUT2D eigenvalue weighted by atomic mass is 19.1. The van der Waals surface area contributed by atoms with Crippen LogP contribution < -0.4 is 5.32 Å². The van der Waals surface area contributed by atoms with E-state index < -0.39 is 0 Å². The minimum Gasteiger partial charge on any atom is -0.309 e. The molecule has 1 N–H and O–H groups in total. The van der Waals surface area contributed by atoms with Crippen LogP contribution in [0.2, 0.25) is 0 Å². The molecule has 1 heterocycles. The van der Waals surface area contributed by atoms with Crippen LogP contribution in [-0.4, -0.2) is 29.6 Å². The first-order valence-corrected chi connectivity index (χ1v) is 7.98. The zero-order chi connectivity index (χ0) is 15.7. The molecule has 1 fully saturated rings. The monoisotopic (exact) mass is 292 g/mol. The van der Waals surface area contributed by atoms with E-state index in [0.717, 1.165) is 25.1 Å². The second kappa shape index (κ2) is 6.05. The number of benzene rings is 1. The Morgan fingerprint density at radius 2 is 2.00 bits per heavy atom. The Labute approximate surface area is 128 Å². The van der Waals surface area contributed by atoms with Crippen molar-refractivity contribution in [2.75, 3.05) is 13.1 Å². The van der Waals surface area contributed by atoms with E-state index in [-0.39, 0.29) is 16.8 Å². The van der Waals surface area contributed by atoms with Crippen LogP contribution in [0.3, 0.4) is 0 Å². The fourth-order valence-corrected chi connectivity index (χ4v) is 3.19. The molecule has 1 aromatic carbocycles. The minimum absolute atomic E-state index is 0.0955. The van der Waals surface area contributed by atoms with E-state index in [1.54, 1.807) is 12.1 Å². The molecule has 0 amide bonds. The highest BCUT2D eigenvalue weighted by molar-refractivity contribution is 5.18. The van der Waals surface area contributed by atoms with E-state index in [1.165, 1.54) is 0 Å². The Balaban J connectivity index is 2.23. The number of hydrogen-bond acceptors (Lipinski definition) is 2. The smallest absolute Gasteiger partial charge is 0.127 e. The molecule has 118 valence electrons. The van der Waals surface area contributed by atoms with Crippen molar-refractivity contribution in [3.63, 3.8) is 0 Å². The minimum atomic E-state index is -0.0955. The molecule has 2 nitrogen and oxygen atoms in total. The van der Waals surface area contributed by atoms with Gasteiger partial charge in [-0.3, -0.25) is 4.90 Å². The van der Waals surface area contributed by atoms with Crippen molar-refractivity contribution in [1.82, 2.24) is 10.2 Å². The number of hydrogen-bond donors (Lipinski definition) is 1. The van der Waals surface area contributed by atoms with Gasteiger partial charge in [0, 0.05) is 36.8 Å². The standard InChI is InChI=1S/C18H29FN2/c1-6-18(5)13-21(16(11-20-18)17(2,3)4)12-14-9-7-8-10-15(14)19/h7-10,16,20H,6,11-13H2,1-5H3. The van der Waals surface area contributed by atoms with Gasteiger partial charge in [-0.25, -0.2) is 4.39 Å². The number of piperazine rings is 1. The number of nitrogens with one attached hydrogen (secondary N) is 1. The van der Waals surface area contributed by atoms with Gasteiger partial charge in [0.1, 0.15) is 5.82 Å². The quantitative estimate of drug-likeness (QED) is 0.911. The first-order valence-electron chi connectivity index (χ1n) is 7.98. The van der Waals surface area contributed by atoms with Crippen LogP contribution in [0.15, 0.2) is 24.3 Å². The molecule has 2 rings (SSSR count). The fraction of sp³-hybridized carbons (Fsp3) is 0.667. The van der Waals surface area contributed by atoms with Crippen LogP contribution in [-0.2, 0) is 6.54 Å². The molecule has 0 saturated carbocycles. The van der Waals surface area contributed by atoms with E-state index in [4.69, 9.17) is 0 Å². The van der Waals surface area contributed by atoms with Gasteiger partial charge >= 0.3 is 0 Å². The summed E-state index contributed by atoms with van der Waals surface area (Å²) < 4.78 is 14.0. The van der Waals surface area contributed by atoms with Gasteiger partial charge in [0.05, 0.1) is 0 Å². The molecule has 2 unspecified atom stereocenters. The van der Waals surface area contributed by atoms with Crippen LogP contribution in [0.4, 0.5) is 4.39 Å². The predicted octanol–water partition coefficient (Wildman–Crippen LogP) is 3.81. The third-order valence-electron chi connectivity index (χ3n) is 4.83. The normalized spacial score (nSPS) is 27.8. The molecule has 0 radical (unpaired) electrons. The summed E-state index contributed by atoms with van der Waals surface area (Å²) in [4.78, 5) is 2.46. The summed E-state index contributed by atoms with van der Waals surface area (Å²) in [5, 5.41) is 3.70. The summed E-state index contributed by atoms with van der Waals surface area (Å²) in [5.74, 6) is -0.0955. The van der Waals surface area contributed by atoms with E-state index in [0.29, 0.717) is 12.6 Å². The highest BCUT2D eigenvalue weighted by Gasteiger charge is 2.39. The molecule has 21 heavy (non-hydrogen) atoms. The van der Waals surface area contributed by atoms with Crippen LogP contribution in [0.1, 0.15) is 46.6 Å². The molecule has 2 atom stereocenters. The lowest BCUT2D eigenvalue weighted by Gasteiger charge is -2.50. The summed E-state index contributed by atoms with van der Waals surface area (Å²) in [7, 11) is 0. The summed E-state index contributed by atoms with van der Waals surface area (Å²) >= 11 is 0. The van der Waals surface area contributed by atoms with Crippen molar-refractivity contribution in [3.8, 4) is 0 Å². The first kappa shape index (κ1) is 16.4. The van der Waals surface area contributed by atoms with E-state index >= 15 is 0 Å². The SMILES string of the molecule is CCC1(C)CN(Cc2ccccc2F)C(C(C)(C)C)CN1. The summed E-state index contributed by atoms with van der Waals surface area (Å²) in [6, 6.07) is 7.56. The van der Waals surface area contributed by atoms with Gasteiger partial charge in [0.15, 0.2) is 0 Å². The molecule has 1 aliphatic heterocycles. The molecule has 1 saturated heterocycles. The summed E-state index contributed by atoms with van der Waals surface area (Å²) in [6.07, 6.45) is 1.08. The van der Waals surface area contributed by atoms with Crippen LogP contribution in [0.5, 0.6) is 0 Å². The molecule has 3 heteroatoms. The van der Waals surface area contributed by atoms with Crippen LogP contribution >= 0.6 is 0 Å². The maximum absolute atomic E-state index is 14.0. The molecular weight excluding hydrogens is 263 g/mol. The van der Waals surface area contributed by atoms with Gasteiger partial charge in [0.2, 0.25) is 0 Å². The second-order valence-electron chi connectivity index (χ2n) is 7.67. The average Bonchev–Trinajstić information content (AvgIpc) is 2.40. The Hall–Kier alpha value is -0.930. The van der Waals surface area contributed by atoms with E-state index in [9.17, 15) is 4.39 Å². The van der Waals surface area contributed by atoms with Gasteiger partial charge in [-0.05, 0) is 24.8 Å². The fourth-order valence-electron chi connectivity index (χ4n) is 3.19. The Bertz CT molecular complexity index is 480. The zero-order valence-electron chi connectivity index (χ0n) is 14.0. The Morgan fingerprint density at radius 1 is 1.33 bits per heavy atom. The molecular formula is C18H29FN2. The topological polar surface area (TPSA) is 15.3 Å². The molecule has 0 spiro atoms. The highest BCUT2D eigenvalue weighted by Crippen LogP contribution is 2.31. The summed E-state index contributed by atoms with van der Waals surface area (Å²) in [6.45, 7) is 13.9. The Morgan fingerprint density at radius 3 is 2.57 bits per heavy atom. The third kappa shape index (κ3) is 3.83. The lowest BCUT2D eigenvalue weighted by Crippen LogP contribution is -2.65. The van der Waals surface area contributed by atoms with Gasteiger partial charge in [-0.1, -0.05) is 45.9 Å². The maximum atomic E-state index is 14.0. The summed E-state index contributed by atoms with van der Waals surface area (Å²) in [5.41, 5.74) is 1.09. The molecule has 1 aromatic rings. The van der Waals surface area contributed by atoms with Gasteiger partial charge in [-0.15, -0.1) is 0 Å². The van der Waals surface area contributed by atoms with E-state index in [1.807, 2.05) is 12.1 Å². The second-order valence-corrected chi connectivity index (χ2v) is 7.67. The van der Waals surface area contributed by atoms with E-state index in [2.05, 4.69) is 44.8 Å². The maximum Gasteiger partial charge on any atom is 0.127 e. The molecule has 0 aromatic heterocycles. The van der Waals surface area contributed by atoms with Gasteiger partial charge < -0.3 is 5.32 Å². The largest absolute Gasteiger partial charge is 0.309 e. The number of halogens is 1. The lowest BCUT2D eigenvalue weighted by molar-refractivity contribution is 0.0198. The van der Waals surface area contributed by atoms with Gasteiger partial charge in [-0.2, -0.15) is 0 Å². The number of nitrogens with zero attached hydrogens (tertiary/aromatic N) is 1. The molecule has 1 aliphatic rings. The third-order valence-corrected chi connectivity index (χ3v) is 4.83. The van der Waals surface area contributed by atoms with Crippen LogP contribution in [0, 0.1) is 11.2 Å². The average molecular weight is 292 g/mol. The zero-order valence-corrected chi connectivity index (χ0v) is 14.0. The first-order chi connectivity index (χ1) is 9.75. The predicted molar refractivity (Wildman–Crippen MR) is 86.8 cm³/mol. The van der Waals surface area contributed by atoms with Crippen LogP contribution in [0.25, 0.3) is 0 Å². The van der Waals surface area contributed by atoms with Gasteiger partial charge in [0.25, 0.3) is 0 Å². The molecule has 0 aliphatic carbocycles. The Kier molecular flexibility index (Phi) is 4.74. The van der Waals surface area contributed by atoms with Crippen molar-refractivity contribution in [2.24, 2.45) is 5.41 Å².